The van der Waals surface area contributed by atoms with Gasteiger partial charge in [0.15, 0.2) is 0 Å². The zero-order valence-electron chi connectivity index (χ0n) is 13.5. The Hall–Kier alpha value is -0.930. The van der Waals surface area contributed by atoms with Gasteiger partial charge in [-0.05, 0) is 86.5 Å². The fourth-order valence-corrected chi connectivity index (χ4v) is 6.93. The van der Waals surface area contributed by atoms with Crippen molar-refractivity contribution in [3.05, 3.63) is 35.0 Å². The minimum Gasteiger partial charge on any atom is -0.303 e. The Bertz CT molecular complexity index is 718. The molecule has 3 fully saturated rings. The van der Waals surface area contributed by atoms with Crippen molar-refractivity contribution in [3.63, 3.8) is 0 Å². The second-order valence-corrected chi connectivity index (χ2v) is 8.98. The molecule has 1 nitrogen and oxygen atoms in total. The van der Waals surface area contributed by atoms with Gasteiger partial charge in [-0.2, -0.15) is 0 Å². The number of hydrogen-bond acceptors (Lipinski definition) is 2. The number of nitrogens with zero attached hydrogens (tertiary/aromatic N) is 1. The first kappa shape index (κ1) is 14.4. The molecule has 1 saturated heterocycles. The highest BCUT2D eigenvalue weighted by Gasteiger charge is 2.48. The summed E-state index contributed by atoms with van der Waals surface area (Å²) in [6.45, 7) is 3.91. The molecule has 2 heterocycles. The molecule has 2 bridgehead atoms. The van der Waals surface area contributed by atoms with Gasteiger partial charge in [0.05, 0.1) is 0 Å². The third-order valence-corrected chi connectivity index (χ3v) is 7.78. The summed E-state index contributed by atoms with van der Waals surface area (Å²) in [4.78, 5) is 4.23. The summed E-state index contributed by atoms with van der Waals surface area (Å²) >= 11 is 1.85. The summed E-state index contributed by atoms with van der Waals surface area (Å²) in [6.07, 6.45) is 7.06. The number of fused-ring (bicyclic) bond motifs is 3. The van der Waals surface area contributed by atoms with Crippen molar-refractivity contribution in [2.45, 2.75) is 38.0 Å². The summed E-state index contributed by atoms with van der Waals surface area (Å²) in [5.74, 6) is 3.28. The van der Waals surface area contributed by atoms with Gasteiger partial charge in [0.25, 0.3) is 0 Å². The van der Waals surface area contributed by atoms with Crippen molar-refractivity contribution in [1.29, 1.82) is 0 Å². The molecular weight excluding hydrogens is 305 g/mol. The lowest BCUT2D eigenvalue weighted by Crippen LogP contribution is -2.33. The number of thiophene rings is 1. The Morgan fingerprint density at radius 1 is 1.09 bits per heavy atom. The third-order valence-electron chi connectivity index (χ3n) is 6.59. The second-order valence-electron chi connectivity index (χ2n) is 7.86. The maximum Gasteiger partial charge on any atom is 0.124 e. The monoisotopic (exact) mass is 329 g/mol. The van der Waals surface area contributed by atoms with Crippen LogP contribution in [-0.4, -0.2) is 24.5 Å². The summed E-state index contributed by atoms with van der Waals surface area (Å²) in [5.41, 5.74) is 0. The molecule has 2 aromatic rings. The van der Waals surface area contributed by atoms with Crippen molar-refractivity contribution in [2.75, 3.05) is 19.6 Å². The summed E-state index contributed by atoms with van der Waals surface area (Å²) < 4.78 is 14.6. The fourth-order valence-electron chi connectivity index (χ4n) is 5.57. The normalized spacial score (nSPS) is 34.0. The summed E-state index contributed by atoms with van der Waals surface area (Å²) in [6, 6.07) is 7.63. The topological polar surface area (TPSA) is 3.24 Å². The molecule has 0 unspecified atom stereocenters. The van der Waals surface area contributed by atoms with Crippen LogP contribution in [0.3, 0.4) is 0 Å². The molecule has 3 heteroatoms. The Kier molecular flexibility index (Phi) is 3.48. The van der Waals surface area contributed by atoms with Crippen LogP contribution >= 0.6 is 11.3 Å². The quantitative estimate of drug-likeness (QED) is 0.742. The summed E-state index contributed by atoms with van der Waals surface area (Å²) in [5, 5.41) is 1.23. The van der Waals surface area contributed by atoms with E-state index in [4.69, 9.17) is 0 Å². The highest BCUT2D eigenvalue weighted by Crippen LogP contribution is 2.58. The summed E-state index contributed by atoms with van der Waals surface area (Å²) in [7, 11) is 0. The first-order valence-corrected chi connectivity index (χ1v) is 10.0. The van der Waals surface area contributed by atoms with Crippen molar-refractivity contribution >= 4 is 21.4 Å². The molecule has 1 aromatic heterocycles. The minimum absolute atomic E-state index is 0.104. The number of likely N-dealkylation sites (tertiary alicyclic amines) is 1. The van der Waals surface area contributed by atoms with Gasteiger partial charge in [0.2, 0.25) is 0 Å². The van der Waals surface area contributed by atoms with Crippen molar-refractivity contribution in [2.24, 2.45) is 17.8 Å². The molecule has 2 aliphatic carbocycles. The smallest absolute Gasteiger partial charge is 0.124 e. The van der Waals surface area contributed by atoms with Gasteiger partial charge in [-0.15, -0.1) is 11.3 Å². The predicted molar refractivity (Wildman–Crippen MR) is 94.5 cm³/mol. The highest BCUT2D eigenvalue weighted by molar-refractivity contribution is 7.19. The van der Waals surface area contributed by atoms with E-state index in [-0.39, 0.29) is 5.82 Å². The Labute approximate surface area is 141 Å². The number of rotatable bonds is 3. The lowest BCUT2D eigenvalue weighted by molar-refractivity contribution is 0.199. The van der Waals surface area contributed by atoms with Gasteiger partial charge < -0.3 is 4.90 Å². The largest absolute Gasteiger partial charge is 0.303 e. The van der Waals surface area contributed by atoms with Crippen LogP contribution in [0.25, 0.3) is 10.1 Å². The zero-order valence-corrected chi connectivity index (χ0v) is 14.3. The van der Waals surface area contributed by atoms with Crippen LogP contribution in [0.2, 0.25) is 0 Å². The number of halogens is 1. The standard InChI is InChI=1S/C20H24FNS/c21-16-6-5-14-10-19(23-18(14)11-16)20-15-4-3-13(9-15)17(20)12-22-7-1-2-8-22/h5-6,10-11,13,15,17,20H,1-4,7-9,12H2/t13-,15+,17-,20+/m0/s1. The Morgan fingerprint density at radius 2 is 1.91 bits per heavy atom. The SMILES string of the molecule is Fc1ccc2cc([C@@H]3[C@@H]4CC[C@@H](C4)[C@@H]3CN3CCCC3)sc2c1. The molecule has 1 aromatic carbocycles. The average Bonchev–Trinajstić information content (AvgIpc) is 3.30. The lowest BCUT2D eigenvalue weighted by atomic mass is 9.78. The van der Waals surface area contributed by atoms with E-state index in [1.54, 1.807) is 12.1 Å². The fraction of sp³-hybridized carbons (Fsp3) is 0.600. The first-order chi connectivity index (χ1) is 11.3. The number of hydrogen-bond donors (Lipinski definition) is 0. The van der Waals surface area contributed by atoms with Crippen molar-refractivity contribution in [1.82, 2.24) is 4.90 Å². The van der Waals surface area contributed by atoms with E-state index in [0.717, 1.165) is 28.4 Å². The molecule has 23 heavy (non-hydrogen) atoms. The third kappa shape index (κ3) is 2.44. The molecule has 0 amide bonds. The average molecular weight is 329 g/mol. The van der Waals surface area contributed by atoms with E-state index in [0.29, 0.717) is 0 Å². The van der Waals surface area contributed by atoms with Crippen LogP contribution in [0.15, 0.2) is 24.3 Å². The maximum atomic E-state index is 13.5. The van der Waals surface area contributed by atoms with Crippen LogP contribution in [0.4, 0.5) is 4.39 Å². The van der Waals surface area contributed by atoms with Gasteiger partial charge >= 0.3 is 0 Å². The van der Waals surface area contributed by atoms with Crippen molar-refractivity contribution in [3.8, 4) is 0 Å². The first-order valence-electron chi connectivity index (χ1n) is 9.19. The van der Waals surface area contributed by atoms with E-state index in [1.165, 1.54) is 62.0 Å². The zero-order chi connectivity index (χ0) is 15.4. The molecule has 2 saturated carbocycles. The molecule has 4 atom stereocenters. The van der Waals surface area contributed by atoms with E-state index < -0.39 is 0 Å². The lowest BCUT2D eigenvalue weighted by Gasteiger charge is -2.33. The molecule has 1 aliphatic heterocycles. The number of benzene rings is 1. The van der Waals surface area contributed by atoms with E-state index >= 15 is 0 Å². The molecule has 5 rings (SSSR count). The van der Waals surface area contributed by atoms with E-state index in [2.05, 4.69) is 11.0 Å². The Morgan fingerprint density at radius 3 is 2.78 bits per heavy atom. The molecule has 0 radical (unpaired) electrons. The van der Waals surface area contributed by atoms with Gasteiger partial charge in [0, 0.05) is 22.0 Å². The van der Waals surface area contributed by atoms with Gasteiger partial charge in [-0.25, -0.2) is 4.39 Å². The van der Waals surface area contributed by atoms with Crippen LogP contribution in [0, 0.1) is 23.6 Å². The molecule has 0 spiro atoms. The van der Waals surface area contributed by atoms with E-state index in [1.807, 2.05) is 17.4 Å². The van der Waals surface area contributed by atoms with Gasteiger partial charge in [-0.1, -0.05) is 6.07 Å². The van der Waals surface area contributed by atoms with Crippen LogP contribution in [-0.2, 0) is 0 Å². The van der Waals surface area contributed by atoms with Gasteiger partial charge in [-0.3, -0.25) is 0 Å². The maximum absolute atomic E-state index is 13.5. The van der Waals surface area contributed by atoms with Crippen LogP contribution < -0.4 is 0 Å². The van der Waals surface area contributed by atoms with Crippen LogP contribution in [0.1, 0.15) is 42.9 Å². The highest BCUT2D eigenvalue weighted by atomic mass is 32.1. The van der Waals surface area contributed by atoms with Gasteiger partial charge in [0.1, 0.15) is 5.82 Å². The second kappa shape index (κ2) is 5.56. The molecule has 0 N–H and O–H groups in total. The van der Waals surface area contributed by atoms with E-state index in [9.17, 15) is 4.39 Å². The molecular formula is C20H24FNS. The molecule has 122 valence electrons. The predicted octanol–water partition coefficient (Wildman–Crippen LogP) is 5.27. The molecule has 3 aliphatic rings. The minimum atomic E-state index is -0.104. The Balaban J connectivity index is 1.47. The van der Waals surface area contributed by atoms with Crippen molar-refractivity contribution < 1.29 is 4.39 Å². The van der Waals surface area contributed by atoms with Crippen LogP contribution in [0.5, 0.6) is 0 Å².